The van der Waals surface area contributed by atoms with Crippen molar-refractivity contribution >= 4 is 22.6 Å². The Labute approximate surface area is 197 Å². The molecule has 34 heavy (non-hydrogen) atoms. The van der Waals surface area contributed by atoms with Gasteiger partial charge < -0.3 is 14.3 Å². The van der Waals surface area contributed by atoms with Gasteiger partial charge >= 0.3 is 0 Å². The summed E-state index contributed by atoms with van der Waals surface area (Å²) in [7, 11) is 0. The van der Waals surface area contributed by atoms with E-state index in [4.69, 9.17) is 4.52 Å². The van der Waals surface area contributed by atoms with Gasteiger partial charge in [-0.25, -0.2) is 4.98 Å². The van der Waals surface area contributed by atoms with Gasteiger partial charge in [0.15, 0.2) is 0 Å². The smallest absolute Gasteiger partial charge is 0.253 e. The second-order valence-electron chi connectivity index (χ2n) is 9.03. The van der Waals surface area contributed by atoms with Gasteiger partial charge in [0, 0.05) is 61.0 Å². The van der Waals surface area contributed by atoms with Crippen LogP contribution < -0.4 is 4.90 Å². The Hall–Kier alpha value is -3.81. The molecule has 1 aromatic carbocycles. The Morgan fingerprint density at radius 3 is 2.62 bits per heavy atom. The molecule has 0 radical (unpaired) electrons. The maximum atomic E-state index is 13.0. The van der Waals surface area contributed by atoms with Gasteiger partial charge in [-0.2, -0.15) is 4.98 Å². The number of aromatic nitrogens is 4. The number of benzene rings is 1. The fourth-order valence-corrected chi connectivity index (χ4v) is 4.93. The van der Waals surface area contributed by atoms with Crippen LogP contribution in [0.1, 0.15) is 47.8 Å². The lowest BCUT2D eigenvalue weighted by molar-refractivity contribution is 0.0746. The van der Waals surface area contributed by atoms with Crippen LogP contribution in [-0.4, -0.2) is 57.1 Å². The van der Waals surface area contributed by atoms with Crippen LogP contribution in [0.4, 0.5) is 5.82 Å². The average Bonchev–Trinajstić information content (AvgIpc) is 3.61. The number of nitrogens with zero attached hydrogens (tertiary/aromatic N) is 6. The highest BCUT2D eigenvalue weighted by Gasteiger charge is 2.25. The van der Waals surface area contributed by atoms with Crippen molar-refractivity contribution < 1.29 is 9.32 Å². The molecular weight excluding hydrogens is 428 g/mol. The second kappa shape index (κ2) is 8.85. The molecule has 4 heterocycles. The quantitative estimate of drug-likeness (QED) is 0.454. The summed E-state index contributed by atoms with van der Waals surface area (Å²) in [6, 6.07) is 13.6. The maximum absolute atomic E-state index is 13.0. The molecule has 2 aliphatic rings. The van der Waals surface area contributed by atoms with Gasteiger partial charge in [-0.1, -0.05) is 24.1 Å². The van der Waals surface area contributed by atoms with Crippen molar-refractivity contribution in [3.8, 4) is 11.4 Å². The molecule has 0 atom stereocenters. The lowest BCUT2D eigenvalue weighted by atomic mass is 10.1. The monoisotopic (exact) mass is 454 g/mol. The Morgan fingerprint density at radius 1 is 0.971 bits per heavy atom. The van der Waals surface area contributed by atoms with Crippen molar-refractivity contribution in [2.45, 2.75) is 31.6 Å². The van der Waals surface area contributed by atoms with E-state index in [1.807, 2.05) is 47.4 Å². The number of rotatable bonds is 4. The SMILES string of the molecule is O=C(c1ccc2ncccc2c1)N1CCN(c2ccc(-c3noc(C4CCCC4)n3)cn2)CC1. The number of anilines is 1. The third kappa shape index (κ3) is 4.00. The predicted molar refractivity (Wildman–Crippen MR) is 129 cm³/mol. The molecule has 0 unspecified atom stereocenters. The van der Waals surface area contributed by atoms with Crippen LogP contribution in [0, 0.1) is 0 Å². The zero-order chi connectivity index (χ0) is 22.9. The summed E-state index contributed by atoms with van der Waals surface area (Å²) in [5.41, 5.74) is 2.46. The average molecular weight is 455 g/mol. The molecule has 0 N–H and O–H groups in total. The lowest BCUT2D eigenvalue weighted by Crippen LogP contribution is -2.49. The topological polar surface area (TPSA) is 88.3 Å². The molecule has 0 bridgehead atoms. The van der Waals surface area contributed by atoms with E-state index in [0.29, 0.717) is 30.4 Å². The molecule has 1 saturated carbocycles. The van der Waals surface area contributed by atoms with Gasteiger partial charge in [0.25, 0.3) is 5.91 Å². The molecule has 0 spiro atoms. The van der Waals surface area contributed by atoms with Crippen molar-refractivity contribution in [1.82, 2.24) is 25.0 Å². The van der Waals surface area contributed by atoms with Gasteiger partial charge in [-0.15, -0.1) is 0 Å². The van der Waals surface area contributed by atoms with Gasteiger partial charge in [0.1, 0.15) is 5.82 Å². The molecule has 6 rings (SSSR count). The highest BCUT2D eigenvalue weighted by molar-refractivity contribution is 5.98. The summed E-state index contributed by atoms with van der Waals surface area (Å²) in [5.74, 6) is 2.71. The lowest BCUT2D eigenvalue weighted by Gasteiger charge is -2.35. The van der Waals surface area contributed by atoms with E-state index in [0.717, 1.165) is 54.1 Å². The minimum absolute atomic E-state index is 0.0592. The van der Waals surface area contributed by atoms with E-state index in [9.17, 15) is 4.79 Å². The van der Waals surface area contributed by atoms with E-state index >= 15 is 0 Å². The Kier molecular flexibility index (Phi) is 5.41. The first-order valence-electron chi connectivity index (χ1n) is 11.9. The maximum Gasteiger partial charge on any atom is 0.253 e. The van der Waals surface area contributed by atoms with E-state index in [1.165, 1.54) is 12.8 Å². The number of pyridine rings is 2. The number of piperazine rings is 1. The zero-order valence-electron chi connectivity index (χ0n) is 18.9. The number of hydrogen-bond donors (Lipinski definition) is 0. The summed E-state index contributed by atoms with van der Waals surface area (Å²) in [6.45, 7) is 2.79. The van der Waals surface area contributed by atoms with Crippen molar-refractivity contribution in [3.63, 3.8) is 0 Å². The number of amides is 1. The van der Waals surface area contributed by atoms with Gasteiger partial charge in [-0.05, 0) is 49.2 Å². The molecule has 1 amide bonds. The first-order chi connectivity index (χ1) is 16.7. The van der Waals surface area contributed by atoms with Gasteiger partial charge in [0.05, 0.1) is 5.52 Å². The largest absolute Gasteiger partial charge is 0.353 e. The number of carbonyl (C=O) groups excluding carboxylic acids is 1. The van der Waals surface area contributed by atoms with Crippen LogP contribution in [0.3, 0.4) is 0 Å². The van der Waals surface area contributed by atoms with E-state index < -0.39 is 0 Å². The third-order valence-electron chi connectivity index (χ3n) is 6.89. The van der Waals surface area contributed by atoms with Gasteiger partial charge in [0.2, 0.25) is 11.7 Å². The fraction of sp³-hybridized carbons (Fsp3) is 0.346. The molecule has 2 fully saturated rings. The van der Waals surface area contributed by atoms with Crippen molar-refractivity contribution in [1.29, 1.82) is 0 Å². The molecule has 8 nitrogen and oxygen atoms in total. The van der Waals surface area contributed by atoms with Crippen LogP contribution in [0.5, 0.6) is 0 Å². The van der Waals surface area contributed by atoms with E-state index in [-0.39, 0.29) is 5.91 Å². The molecule has 4 aromatic rings. The fourth-order valence-electron chi connectivity index (χ4n) is 4.93. The van der Waals surface area contributed by atoms with Crippen LogP contribution in [0.25, 0.3) is 22.3 Å². The van der Waals surface area contributed by atoms with Crippen LogP contribution in [0.15, 0.2) is 59.4 Å². The highest BCUT2D eigenvalue weighted by Crippen LogP contribution is 2.34. The molecule has 8 heteroatoms. The predicted octanol–water partition coefficient (Wildman–Crippen LogP) is 4.30. The van der Waals surface area contributed by atoms with Crippen LogP contribution >= 0.6 is 0 Å². The number of hydrogen-bond acceptors (Lipinski definition) is 7. The molecule has 1 aliphatic carbocycles. The Balaban J connectivity index is 1.09. The third-order valence-corrected chi connectivity index (χ3v) is 6.89. The highest BCUT2D eigenvalue weighted by atomic mass is 16.5. The van der Waals surface area contributed by atoms with Crippen molar-refractivity contribution in [2.75, 3.05) is 31.1 Å². The molecule has 3 aromatic heterocycles. The number of carbonyl (C=O) groups is 1. The first-order valence-corrected chi connectivity index (χ1v) is 11.9. The minimum Gasteiger partial charge on any atom is -0.353 e. The summed E-state index contributed by atoms with van der Waals surface area (Å²) >= 11 is 0. The zero-order valence-corrected chi connectivity index (χ0v) is 18.9. The van der Waals surface area contributed by atoms with E-state index in [2.05, 4.69) is 25.0 Å². The Morgan fingerprint density at radius 2 is 1.82 bits per heavy atom. The van der Waals surface area contributed by atoms with Crippen LogP contribution in [-0.2, 0) is 0 Å². The standard InChI is InChI=1S/C26H26N6O2/c33-26(20-7-9-22-19(16-20)6-3-11-27-22)32-14-12-31(13-15-32)23-10-8-21(17-28-23)24-29-25(34-30-24)18-4-1-2-5-18/h3,6-11,16-18H,1-2,4-5,12-15H2. The summed E-state index contributed by atoms with van der Waals surface area (Å²) in [5, 5.41) is 5.14. The van der Waals surface area contributed by atoms with Crippen LogP contribution in [0.2, 0.25) is 0 Å². The molecule has 172 valence electrons. The normalized spacial score (nSPS) is 16.9. The molecule has 1 saturated heterocycles. The summed E-state index contributed by atoms with van der Waals surface area (Å²) in [4.78, 5) is 30.7. The minimum atomic E-state index is 0.0592. The summed E-state index contributed by atoms with van der Waals surface area (Å²) in [6.07, 6.45) is 8.30. The summed E-state index contributed by atoms with van der Waals surface area (Å²) < 4.78 is 5.50. The van der Waals surface area contributed by atoms with Crippen molar-refractivity contribution in [2.24, 2.45) is 0 Å². The van der Waals surface area contributed by atoms with Gasteiger partial charge in [-0.3, -0.25) is 9.78 Å². The molecular formula is C26H26N6O2. The van der Waals surface area contributed by atoms with E-state index in [1.54, 1.807) is 12.4 Å². The molecule has 1 aliphatic heterocycles. The Bertz CT molecular complexity index is 1300. The number of fused-ring (bicyclic) bond motifs is 1. The second-order valence-corrected chi connectivity index (χ2v) is 9.03. The van der Waals surface area contributed by atoms with Crippen molar-refractivity contribution in [3.05, 3.63) is 66.3 Å². The first kappa shape index (κ1) is 20.8.